The summed E-state index contributed by atoms with van der Waals surface area (Å²) >= 11 is 0. The highest BCUT2D eigenvalue weighted by Gasteiger charge is 2.18. The van der Waals surface area contributed by atoms with Crippen molar-refractivity contribution in [1.29, 1.82) is 0 Å². The first kappa shape index (κ1) is 18.3. The number of carbonyl (C=O) groups is 2. The van der Waals surface area contributed by atoms with Crippen LogP contribution in [0.2, 0.25) is 0 Å². The van der Waals surface area contributed by atoms with Crippen molar-refractivity contribution < 1.29 is 9.59 Å². The molecule has 2 N–H and O–H groups in total. The van der Waals surface area contributed by atoms with Crippen LogP contribution in [0, 0.1) is 5.92 Å². The number of likely N-dealkylation sites (N-methyl/N-ethyl adjacent to an activating group) is 1. The van der Waals surface area contributed by atoms with E-state index in [2.05, 4.69) is 29.4 Å². The summed E-state index contributed by atoms with van der Waals surface area (Å²) in [7, 11) is 4.00. The Morgan fingerprint density at radius 2 is 2.00 bits per heavy atom. The Bertz CT molecular complexity index is 599. The van der Waals surface area contributed by atoms with Gasteiger partial charge in [-0.1, -0.05) is 19.9 Å². The molecule has 1 aromatic carbocycles. The van der Waals surface area contributed by atoms with Gasteiger partial charge in [-0.25, -0.2) is 4.79 Å². The Kier molecular flexibility index (Phi) is 6.20. The van der Waals surface area contributed by atoms with Gasteiger partial charge >= 0.3 is 6.03 Å². The number of benzene rings is 1. The van der Waals surface area contributed by atoms with Gasteiger partial charge in [0.05, 0.1) is 0 Å². The number of carbonyl (C=O) groups excluding carboxylic acids is 2. The third-order valence-electron chi connectivity index (χ3n) is 3.95. The molecule has 0 aromatic heterocycles. The van der Waals surface area contributed by atoms with Crippen LogP contribution in [-0.2, 0) is 11.2 Å². The van der Waals surface area contributed by atoms with Crippen LogP contribution in [0.25, 0.3) is 0 Å². The average Bonchev–Trinajstić information content (AvgIpc) is 2.50. The molecule has 24 heavy (non-hydrogen) atoms. The first-order chi connectivity index (χ1) is 11.3. The SMILES string of the molecule is CC(C)CN(CCN(C)C)C(=O)Nc1ccc2c(c1)NC(=O)CC2. The van der Waals surface area contributed by atoms with Gasteiger partial charge in [0.25, 0.3) is 0 Å². The fourth-order valence-electron chi connectivity index (χ4n) is 2.69. The Balaban J connectivity index is 2.05. The van der Waals surface area contributed by atoms with Gasteiger partial charge in [0.15, 0.2) is 0 Å². The number of nitrogens with zero attached hydrogens (tertiary/aromatic N) is 2. The molecule has 0 saturated carbocycles. The number of amides is 3. The predicted molar refractivity (Wildman–Crippen MR) is 97.4 cm³/mol. The predicted octanol–water partition coefficient (Wildman–Crippen LogP) is 2.62. The summed E-state index contributed by atoms with van der Waals surface area (Å²) in [5.41, 5.74) is 2.62. The average molecular weight is 332 g/mol. The molecule has 0 aliphatic carbocycles. The topological polar surface area (TPSA) is 64.7 Å². The first-order valence-electron chi connectivity index (χ1n) is 8.48. The van der Waals surface area contributed by atoms with E-state index in [1.807, 2.05) is 37.2 Å². The van der Waals surface area contributed by atoms with E-state index in [1.54, 1.807) is 0 Å². The van der Waals surface area contributed by atoms with E-state index in [4.69, 9.17) is 0 Å². The summed E-state index contributed by atoms with van der Waals surface area (Å²) in [6.07, 6.45) is 1.27. The largest absolute Gasteiger partial charge is 0.326 e. The highest BCUT2D eigenvalue weighted by molar-refractivity contribution is 5.96. The number of aryl methyl sites for hydroxylation is 1. The van der Waals surface area contributed by atoms with E-state index in [1.165, 1.54) is 0 Å². The van der Waals surface area contributed by atoms with Crippen molar-refractivity contribution in [2.24, 2.45) is 5.92 Å². The molecule has 6 heteroatoms. The maximum absolute atomic E-state index is 12.6. The molecule has 1 aliphatic heterocycles. The molecule has 0 fully saturated rings. The third-order valence-corrected chi connectivity index (χ3v) is 3.95. The minimum atomic E-state index is -0.104. The van der Waals surface area contributed by atoms with Gasteiger partial charge in [-0.2, -0.15) is 0 Å². The van der Waals surface area contributed by atoms with Crippen LogP contribution in [0.3, 0.4) is 0 Å². The summed E-state index contributed by atoms with van der Waals surface area (Å²) in [6, 6.07) is 5.60. The maximum atomic E-state index is 12.6. The molecule has 0 bridgehead atoms. The van der Waals surface area contributed by atoms with Crippen LogP contribution in [-0.4, -0.2) is 55.5 Å². The molecular weight excluding hydrogens is 304 g/mol. The Hall–Kier alpha value is -2.08. The smallest absolute Gasteiger partial charge is 0.321 e. The van der Waals surface area contributed by atoms with Crippen LogP contribution in [0.5, 0.6) is 0 Å². The molecule has 3 amide bonds. The van der Waals surface area contributed by atoms with Crippen molar-refractivity contribution in [3.8, 4) is 0 Å². The van der Waals surface area contributed by atoms with Crippen molar-refractivity contribution >= 4 is 23.3 Å². The van der Waals surface area contributed by atoms with Crippen molar-refractivity contribution in [2.75, 3.05) is 44.4 Å². The number of hydrogen-bond donors (Lipinski definition) is 2. The van der Waals surface area contributed by atoms with Crippen LogP contribution in [0.4, 0.5) is 16.2 Å². The molecule has 1 aromatic rings. The second-order valence-corrected chi connectivity index (χ2v) is 6.99. The lowest BCUT2D eigenvalue weighted by atomic mass is 10.0. The molecule has 0 atom stereocenters. The van der Waals surface area contributed by atoms with Crippen LogP contribution in [0.15, 0.2) is 18.2 Å². The van der Waals surface area contributed by atoms with E-state index in [0.29, 0.717) is 31.1 Å². The molecule has 6 nitrogen and oxygen atoms in total. The van der Waals surface area contributed by atoms with Crippen LogP contribution >= 0.6 is 0 Å². The summed E-state index contributed by atoms with van der Waals surface area (Å²) in [6.45, 7) is 6.41. The second kappa shape index (κ2) is 8.15. The fourth-order valence-corrected chi connectivity index (χ4v) is 2.69. The highest BCUT2D eigenvalue weighted by Crippen LogP contribution is 2.26. The number of anilines is 2. The van der Waals surface area contributed by atoms with E-state index in [9.17, 15) is 9.59 Å². The van der Waals surface area contributed by atoms with Crippen molar-refractivity contribution in [3.05, 3.63) is 23.8 Å². The quantitative estimate of drug-likeness (QED) is 0.842. The van der Waals surface area contributed by atoms with E-state index < -0.39 is 0 Å². The number of rotatable bonds is 6. The monoisotopic (exact) mass is 332 g/mol. The summed E-state index contributed by atoms with van der Waals surface area (Å²) in [4.78, 5) is 28.0. The normalized spacial score (nSPS) is 13.7. The van der Waals surface area contributed by atoms with E-state index in [0.717, 1.165) is 24.2 Å². The second-order valence-electron chi connectivity index (χ2n) is 6.99. The Morgan fingerprint density at radius 3 is 2.67 bits per heavy atom. The molecule has 0 unspecified atom stereocenters. The zero-order chi connectivity index (χ0) is 17.7. The minimum Gasteiger partial charge on any atom is -0.326 e. The van der Waals surface area contributed by atoms with Crippen LogP contribution < -0.4 is 10.6 Å². The van der Waals surface area contributed by atoms with Crippen molar-refractivity contribution in [1.82, 2.24) is 9.80 Å². The number of fused-ring (bicyclic) bond motifs is 1. The molecule has 1 heterocycles. The zero-order valence-corrected chi connectivity index (χ0v) is 15.1. The highest BCUT2D eigenvalue weighted by atomic mass is 16.2. The number of nitrogens with one attached hydrogen (secondary N) is 2. The molecule has 0 radical (unpaired) electrons. The van der Waals surface area contributed by atoms with Gasteiger partial charge < -0.3 is 20.4 Å². The molecule has 0 saturated heterocycles. The first-order valence-corrected chi connectivity index (χ1v) is 8.48. The Morgan fingerprint density at radius 1 is 1.25 bits per heavy atom. The molecule has 0 spiro atoms. The number of urea groups is 1. The molecule has 2 rings (SSSR count). The van der Waals surface area contributed by atoms with E-state index >= 15 is 0 Å². The van der Waals surface area contributed by atoms with Crippen molar-refractivity contribution in [3.63, 3.8) is 0 Å². The summed E-state index contributed by atoms with van der Waals surface area (Å²) < 4.78 is 0. The minimum absolute atomic E-state index is 0.0263. The standard InChI is InChI=1S/C18H28N4O2/c1-13(2)12-22(10-9-21(3)4)18(24)19-15-7-5-14-6-8-17(23)20-16(14)11-15/h5,7,11,13H,6,8-10,12H2,1-4H3,(H,19,24)(H,20,23). The van der Waals surface area contributed by atoms with Gasteiger partial charge in [-0.15, -0.1) is 0 Å². The lowest BCUT2D eigenvalue weighted by Gasteiger charge is -2.26. The lowest BCUT2D eigenvalue weighted by molar-refractivity contribution is -0.116. The molecular formula is C18H28N4O2. The summed E-state index contributed by atoms with van der Waals surface area (Å²) in [5.74, 6) is 0.430. The maximum Gasteiger partial charge on any atom is 0.321 e. The fraction of sp³-hybridized carbons (Fsp3) is 0.556. The van der Waals surface area contributed by atoms with Crippen LogP contribution in [0.1, 0.15) is 25.8 Å². The van der Waals surface area contributed by atoms with Gasteiger partial charge in [0, 0.05) is 37.4 Å². The van der Waals surface area contributed by atoms with Gasteiger partial charge in [0.1, 0.15) is 0 Å². The lowest BCUT2D eigenvalue weighted by Crippen LogP contribution is -2.41. The van der Waals surface area contributed by atoms with Gasteiger partial charge in [-0.3, -0.25) is 4.79 Å². The Labute approximate surface area is 144 Å². The van der Waals surface area contributed by atoms with Gasteiger partial charge in [-0.05, 0) is 44.1 Å². The summed E-state index contributed by atoms with van der Waals surface area (Å²) in [5, 5.41) is 5.82. The molecule has 132 valence electrons. The van der Waals surface area contributed by atoms with E-state index in [-0.39, 0.29) is 11.9 Å². The molecule has 1 aliphatic rings. The third kappa shape index (κ3) is 5.23. The van der Waals surface area contributed by atoms with Gasteiger partial charge in [0.2, 0.25) is 5.91 Å². The number of hydrogen-bond acceptors (Lipinski definition) is 3. The van der Waals surface area contributed by atoms with Crippen molar-refractivity contribution in [2.45, 2.75) is 26.7 Å². The zero-order valence-electron chi connectivity index (χ0n) is 15.1.